The lowest BCUT2D eigenvalue weighted by molar-refractivity contribution is 0.331. The van der Waals surface area contributed by atoms with Gasteiger partial charge in [-0.1, -0.05) is 32.6 Å². The van der Waals surface area contributed by atoms with Crippen LogP contribution in [-0.2, 0) is 0 Å². The molecule has 2 heteroatoms. The first-order valence-electron chi connectivity index (χ1n) is 6.67. The van der Waals surface area contributed by atoms with Gasteiger partial charge in [0.05, 0.1) is 0 Å². The molecular weight excluding hydrogens is 214 g/mol. The van der Waals surface area contributed by atoms with Crippen molar-refractivity contribution < 1.29 is 0 Å². The van der Waals surface area contributed by atoms with E-state index in [1.165, 1.54) is 44.1 Å². The Labute approximate surface area is 103 Å². The van der Waals surface area contributed by atoms with Crippen LogP contribution in [0.5, 0.6) is 0 Å². The van der Waals surface area contributed by atoms with Gasteiger partial charge in [0.25, 0.3) is 0 Å². The maximum absolute atomic E-state index is 3.69. The fourth-order valence-electron chi connectivity index (χ4n) is 2.87. The lowest BCUT2D eigenvalue weighted by Crippen LogP contribution is -2.27. The molecular formula is C14H23NS. The molecule has 1 aliphatic carbocycles. The van der Waals surface area contributed by atoms with E-state index in [2.05, 4.69) is 29.1 Å². The molecule has 0 spiro atoms. The van der Waals surface area contributed by atoms with E-state index in [9.17, 15) is 0 Å². The van der Waals surface area contributed by atoms with E-state index in [-0.39, 0.29) is 0 Å². The third kappa shape index (κ3) is 3.08. The van der Waals surface area contributed by atoms with Crippen molar-refractivity contribution in [2.24, 2.45) is 5.92 Å². The van der Waals surface area contributed by atoms with Crippen LogP contribution >= 0.6 is 11.3 Å². The summed E-state index contributed by atoms with van der Waals surface area (Å²) in [6.07, 6.45) is 8.56. The Kier molecular flexibility index (Phi) is 4.86. The third-order valence-electron chi connectivity index (χ3n) is 3.70. The van der Waals surface area contributed by atoms with Crippen molar-refractivity contribution >= 4 is 11.3 Å². The molecule has 1 nitrogen and oxygen atoms in total. The molecule has 0 bridgehead atoms. The summed E-state index contributed by atoms with van der Waals surface area (Å²) < 4.78 is 0. The Balaban J connectivity index is 2.05. The van der Waals surface area contributed by atoms with E-state index < -0.39 is 0 Å². The topological polar surface area (TPSA) is 12.0 Å². The summed E-state index contributed by atoms with van der Waals surface area (Å²) in [6, 6.07) is 2.90. The standard InChI is InChI=1S/C14H23NS/c1-2-15-14(13-9-10-16-11-13)12-7-5-3-4-6-8-12/h9-12,14-15H,2-8H2,1H3. The summed E-state index contributed by atoms with van der Waals surface area (Å²) >= 11 is 1.82. The lowest BCUT2D eigenvalue weighted by atomic mass is 9.88. The van der Waals surface area contributed by atoms with E-state index in [0.717, 1.165) is 12.5 Å². The number of hydrogen-bond acceptors (Lipinski definition) is 2. The first kappa shape index (κ1) is 12.1. The van der Waals surface area contributed by atoms with Crippen molar-refractivity contribution in [3.63, 3.8) is 0 Å². The van der Waals surface area contributed by atoms with Crippen LogP contribution in [0.15, 0.2) is 16.8 Å². The summed E-state index contributed by atoms with van der Waals surface area (Å²) in [4.78, 5) is 0. The molecule has 1 aromatic heterocycles. The quantitative estimate of drug-likeness (QED) is 0.767. The molecule has 0 amide bonds. The Hall–Kier alpha value is -0.340. The third-order valence-corrected chi connectivity index (χ3v) is 4.40. The minimum Gasteiger partial charge on any atom is -0.310 e. The molecule has 1 aliphatic rings. The SMILES string of the molecule is CCNC(c1ccsc1)C1CCCCCC1. The molecule has 0 aliphatic heterocycles. The summed E-state index contributed by atoms with van der Waals surface area (Å²) in [5.41, 5.74) is 1.51. The fourth-order valence-corrected chi connectivity index (χ4v) is 3.57. The van der Waals surface area contributed by atoms with E-state index >= 15 is 0 Å². The first-order chi connectivity index (χ1) is 7.92. The van der Waals surface area contributed by atoms with E-state index in [1.807, 2.05) is 11.3 Å². The fraction of sp³-hybridized carbons (Fsp3) is 0.714. The Morgan fingerprint density at radius 2 is 2.06 bits per heavy atom. The molecule has 0 saturated heterocycles. The summed E-state index contributed by atoms with van der Waals surface area (Å²) in [6.45, 7) is 3.30. The minimum absolute atomic E-state index is 0.606. The van der Waals surface area contributed by atoms with Crippen molar-refractivity contribution in [3.05, 3.63) is 22.4 Å². The van der Waals surface area contributed by atoms with Gasteiger partial charge in [-0.25, -0.2) is 0 Å². The predicted molar refractivity (Wildman–Crippen MR) is 71.9 cm³/mol. The highest BCUT2D eigenvalue weighted by Crippen LogP contribution is 2.34. The van der Waals surface area contributed by atoms with Gasteiger partial charge in [0.1, 0.15) is 0 Å². The van der Waals surface area contributed by atoms with E-state index in [4.69, 9.17) is 0 Å². The molecule has 0 aromatic carbocycles. The van der Waals surface area contributed by atoms with Gasteiger partial charge < -0.3 is 5.32 Å². The largest absolute Gasteiger partial charge is 0.310 e. The zero-order valence-electron chi connectivity index (χ0n) is 10.2. The van der Waals surface area contributed by atoms with Crippen molar-refractivity contribution in [1.82, 2.24) is 5.32 Å². The van der Waals surface area contributed by atoms with Gasteiger partial charge in [-0.2, -0.15) is 11.3 Å². The number of rotatable bonds is 4. The average Bonchev–Trinajstić information content (AvgIpc) is 2.69. The van der Waals surface area contributed by atoms with Gasteiger partial charge in [-0.15, -0.1) is 0 Å². The monoisotopic (exact) mass is 237 g/mol. The smallest absolute Gasteiger partial charge is 0.0356 e. The molecule has 16 heavy (non-hydrogen) atoms. The molecule has 90 valence electrons. The first-order valence-corrected chi connectivity index (χ1v) is 7.61. The van der Waals surface area contributed by atoms with Crippen molar-refractivity contribution in [1.29, 1.82) is 0 Å². The molecule has 1 aromatic rings. The minimum atomic E-state index is 0.606. The average molecular weight is 237 g/mol. The highest BCUT2D eigenvalue weighted by Gasteiger charge is 2.23. The van der Waals surface area contributed by atoms with Crippen LogP contribution < -0.4 is 5.32 Å². The second kappa shape index (κ2) is 6.41. The molecule has 1 N–H and O–H groups in total. The van der Waals surface area contributed by atoms with Crippen molar-refractivity contribution in [2.75, 3.05) is 6.54 Å². The van der Waals surface area contributed by atoms with Crippen LogP contribution in [0.4, 0.5) is 0 Å². The van der Waals surface area contributed by atoms with E-state index in [0.29, 0.717) is 6.04 Å². The van der Waals surface area contributed by atoms with Crippen LogP contribution in [0, 0.1) is 5.92 Å². The molecule has 1 atom stereocenters. The highest BCUT2D eigenvalue weighted by molar-refractivity contribution is 7.07. The molecule has 1 heterocycles. The summed E-state index contributed by atoms with van der Waals surface area (Å²) in [7, 11) is 0. The van der Waals surface area contributed by atoms with E-state index in [1.54, 1.807) is 0 Å². The number of thiophene rings is 1. The number of nitrogens with one attached hydrogen (secondary N) is 1. The zero-order valence-corrected chi connectivity index (χ0v) is 11.1. The Bertz CT molecular complexity index is 273. The normalized spacial score (nSPS) is 20.6. The predicted octanol–water partition coefficient (Wildman–Crippen LogP) is 4.37. The molecule has 1 fully saturated rings. The summed E-state index contributed by atoms with van der Waals surface area (Å²) in [5.74, 6) is 0.858. The number of hydrogen-bond donors (Lipinski definition) is 1. The van der Waals surface area contributed by atoms with Crippen LogP contribution in [0.25, 0.3) is 0 Å². The summed E-state index contributed by atoms with van der Waals surface area (Å²) in [5, 5.41) is 8.21. The maximum Gasteiger partial charge on any atom is 0.0356 e. The van der Waals surface area contributed by atoms with Crippen LogP contribution in [0.2, 0.25) is 0 Å². The second-order valence-corrected chi connectivity index (χ2v) is 5.62. The molecule has 1 saturated carbocycles. The van der Waals surface area contributed by atoms with Crippen LogP contribution in [0.3, 0.4) is 0 Å². The highest BCUT2D eigenvalue weighted by atomic mass is 32.1. The van der Waals surface area contributed by atoms with Gasteiger partial charge in [0.15, 0.2) is 0 Å². The van der Waals surface area contributed by atoms with Crippen LogP contribution in [0.1, 0.15) is 57.1 Å². The van der Waals surface area contributed by atoms with Crippen molar-refractivity contribution in [2.45, 2.75) is 51.5 Å². The zero-order chi connectivity index (χ0) is 11.2. The molecule has 0 radical (unpaired) electrons. The molecule has 2 rings (SSSR count). The lowest BCUT2D eigenvalue weighted by Gasteiger charge is -2.26. The van der Waals surface area contributed by atoms with Gasteiger partial charge in [0, 0.05) is 6.04 Å². The molecule has 1 unspecified atom stereocenters. The van der Waals surface area contributed by atoms with Gasteiger partial charge in [0.2, 0.25) is 0 Å². The van der Waals surface area contributed by atoms with Crippen LogP contribution in [-0.4, -0.2) is 6.54 Å². The van der Waals surface area contributed by atoms with Gasteiger partial charge in [-0.3, -0.25) is 0 Å². The van der Waals surface area contributed by atoms with Crippen molar-refractivity contribution in [3.8, 4) is 0 Å². The van der Waals surface area contributed by atoms with Gasteiger partial charge >= 0.3 is 0 Å². The maximum atomic E-state index is 3.69. The second-order valence-electron chi connectivity index (χ2n) is 4.84. The van der Waals surface area contributed by atoms with Gasteiger partial charge in [-0.05, 0) is 47.7 Å². The Morgan fingerprint density at radius 1 is 1.31 bits per heavy atom. The Morgan fingerprint density at radius 3 is 2.62 bits per heavy atom.